The van der Waals surface area contributed by atoms with E-state index in [9.17, 15) is 14.7 Å². The van der Waals surface area contributed by atoms with Crippen LogP contribution < -0.4 is 10.9 Å². The Balaban J connectivity index is 1.52. The van der Waals surface area contributed by atoms with E-state index in [2.05, 4.69) is 15.2 Å². The maximum Gasteiger partial charge on any atom is 0.258 e. The molecule has 0 bridgehead atoms. The standard InChI is InChI=1S/C23H28N4O3S/c1-2-3-15-6-7-18-20-16(11-26(18)23(15)30)17(13-28)21(22(29)25-10-14-4-5-14)27(20)12-19-24-8-9-31-19/h2-3,6-9,14,16-17,20-21,28H,4-5,10-13H2,1H3,(H,25,29)/b3-2-/t16-,17-,20+,21-/m0/s1. The fraction of sp³-hybridized carbons (Fsp3) is 0.522. The molecular formula is C23H28N4O3S. The van der Waals surface area contributed by atoms with Crippen molar-refractivity contribution in [1.29, 1.82) is 0 Å². The van der Waals surface area contributed by atoms with E-state index in [1.54, 1.807) is 17.5 Å². The van der Waals surface area contributed by atoms with Crippen LogP contribution in [0, 0.1) is 17.8 Å². The van der Waals surface area contributed by atoms with Crippen LogP contribution in [0.4, 0.5) is 0 Å². The van der Waals surface area contributed by atoms with Crippen molar-refractivity contribution in [3.63, 3.8) is 0 Å². The molecule has 3 aliphatic rings. The van der Waals surface area contributed by atoms with Crippen molar-refractivity contribution in [3.8, 4) is 0 Å². The van der Waals surface area contributed by atoms with Crippen LogP contribution in [0.5, 0.6) is 0 Å². The van der Waals surface area contributed by atoms with Gasteiger partial charge < -0.3 is 15.0 Å². The van der Waals surface area contributed by atoms with E-state index in [0.717, 1.165) is 10.7 Å². The molecule has 164 valence electrons. The number of amides is 1. The summed E-state index contributed by atoms with van der Waals surface area (Å²) in [6.45, 7) is 3.57. The second-order valence-electron chi connectivity index (χ2n) is 8.82. The van der Waals surface area contributed by atoms with E-state index < -0.39 is 6.04 Å². The molecular weight excluding hydrogens is 412 g/mol. The summed E-state index contributed by atoms with van der Waals surface area (Å²) < 4.78 is 1.83. The summed E-state index contributed by atoms with van der Waals surface area (Å²) >= 11 is 1.56. The summed E-state index contributed by atoms with van der Waals surface area (Å²) in [6, 6.07) is 3.36. The highest BCUT2D eigenvalue weighted by molar-refractivity contribution is 7.09. The van der Waals surface area contributed by atoms with Crippen LogP contribution in [0.2, 0.25) is 0 Å². The number of carbonyl (C=O) groups excluding carboxylic acids is 1. The Hall–Kier alpha value is -2.29. The van der Waals surface area contributed by atoms with Gasteiger partial charge in [0, 0.05) is 54.4 Å². The first-order chi connectivity index (χ1) is 15.1. The Morgan fingerprint density at radius 2 is 2.23 bits per heavy atom. The molecule has 31 heavy (non-hydrogen) atoms. The smallest absolute Gasteiger partial charge is 0.258 e. The molecule has 2 aromatic heterocycles. The molecule has 4 atom stereocenters. The van der Waals surface area contributed by atoms with Gasteiger partial charge >= 0.3 is 0 Å². The molecule has 7 nitrogen and oxygen atoms in total. The third kappa shape index (κ3) is 3.66. The molecule has 0 unspecified atom stereocenters. The average Bonchev–Trinajstić information content (AvgIpc) is 3.18. The number of pyridine rings is 1. The van der Waals surface area contributed by atoms with Gasteiger partial charge in [-0.1, -0.05) is 12.2 Å². The summed E-state index contributed by atoms with van der Waals surface area (Å²) in [5.41, 5.74) is 1.58. The van der Waals surface area contributed by atoms with Crippen molar-refractivity contribution in [3.05, 3.63) is 56.4 Å². The Labute approximate surface area is 185 Å². The number of aliphatic hydroxyl groups is 1. The predicted octanol–water partition coefficient (Wildman–Crippen LogP) is 2.03. The third-order valence-corrected chi connectivity index (χ3v) is 7.66. The molecule has 0 aromatic carbocycles. The lowest BCUT2D eigenvalue weighted by Gasteiger charge is -2.30. The Bertz CT molecular complexity index is 1040. The van der Waals surface area contributed by atoms with Gasteiger partial charge in [-0.3, -0.25) is 14.5 Å². The second-order valence-corrected chi connectivity index (χ2v) is 9.80. The van der Waals surface area contributed by atoms with Crippen LogP contribution in [0.15, 0.2) is 34.6 Å². The fourth-order valence-electron chi connectivity index (χ4n) is 5.27. The maximum absolute atomic E-state index is 13.3. The highest BCUT2D eigenvalue weighted by Crippen LogP contribution is 2.49. The number of aromatic nitrogens is 2. The molecule has 2 aromatic rings. The molecule has 4 heterocycles. The van der Waals surface area contributed by atoms with Crippen molar-refractivity contribution in [2.75, 3.05) is 13.2 Å². The predicted molar refractivity (Wildman–Crippen MR) is 119 cm³/mol. The van der Waals surface area contributed by atoms with Crippen LogP contribution >= 0.6 is 11.3 Å². The minimum absolute atomic E-state index is 0.00868. The highest BCUT2D eigenvalue weighted by Gasteiger charge is 2.55. The van der Waals surface area contributed by atoms with Crippen molar-refractivity contribution in [2.24, 2.45) is 17.8 Å². The van der Waals surface area contributed by atoms with Crippen molar-refractivity contribution in [1.82, 2.24) is 19.8 Å². The van der Waals surface area contributed by atoms with Gasteiger partial charge in [-0.15, -0.1) is 11.3 Å². The van der Waals surface area contributed by atoms with Crippen molar-refractivity contribution < 1.29 is 9.90 Å². The normalized spacial score (nSPS) is 27.5. The number of hydrogen-bond acceptors (Lipinski definition) is 6. The molecule has 0 radical (unpaired) electrons. The number of likely N-dealkylation sites (tertiary alicyclic amines) is 1. The van der Waals surface area contributed by atoms with Gasteiger partial charge in [0.25, 0.3) is 5.56 Å². The summed E-state index contributed by atoms with van der Waals surface area (Å²) in [7, 11) is 0. The molecule has 8 heteroatoms. The van der Waals surface area contributed by atoms with Gasteiger partial charge in [0.2, 0.25) is 5.91 Å². The van der Waals surface area contributed by atoms with Gasteiger partial charge in [0.1, 0.15) is 5.01 Å². The zero-order valence-corrected chi connectivity index (χ0v) is 18.4. The maximum atomic E-state index is 13.3. The van der Waals surface area contributed by atoms with Crippen molar-refractivity contribution in [2.45, 2.75) is 44.9 Å². The van der Waals surface area contributed by atoms with E-state index >= 15 is 0 Å². The van der Waals surface area contributed by atoms with E-state index in [0.29, 0.717) is 31.1 Å². The van der Waals surface area contributed by atoms with Crippen LogP contribution in [-0.4, -0.2) is 44.7 Å². The topological polar surface area (TPSA) is 87.5 Å². The highest BCUT2D eigenvalue weighted by atomic mass is 32.1. The zero-order chi connectivity index (χ0) is 21.5. The van der Waals surface area contributed by atoms with Gasteiger partial charge in [0.15, 0.2) is 0 Å². The minimum Gasteiger partial charge on any atom is -0.396 e. The Morgan fingerprint density at radius 1 is 1.39 bits per heavy atom. The number of carbonyl (C=O) groups is 1. The number of nitrogens with zero attached hydrogens (tertiary/aromatic N) is 3. The Kier molecular flexibility index (Phi) is 5.54. The summed E-state index contributed by atoms with van der Waals surface area (Å²) in [4.78, 5) is 32.9. The molecule has 1 aliphatic carbocycles. The van der Waals surface area contributed by atoms with Gasteiger partial charge in [0.05, 0.1) is 18.6 Å². The monoisotopic (exact) mass is 440 g/mol. The van der Waals surface area contributed by atoms with Gasteiger partial charge in [-0.2, -0.15) is 0 Å². The van der Waals surface area contributed by atoms with E-state index in [-0.39, 0.29) is 36.0 Å². The quantitative estimate of drug-likeness (QED) is 0.688. The number of aliphatic hydroxyl groups excluding tert-OH is 1. The number of allylic oxidation sites excluding steroid dienone is 1. The molecule has 1 amide bonds. The molecule has 2 N–H and O–H groups in total. The lowest BCUT2D eigenvalue weighted by atomic mass is 9.88. The van der Waals surface area contributed by atoms with E-state index in [4.69, 9.17) is 0 Å². The van der Waals surface area contributed by atoms with Crippen LogP contribution in [-0.2, 0) is 17.9 Å². The first-order valence-electron chi connectivity index (χ1n) is 11.0. The summed E-state index contributed by atoms with van der Waals surface area (Å²) in [5, 5.41) is 16.3. The third-order valence-electron chi connectivity index (χ3n) is 6.90. The summed E-state index contributed by atoms with van der Waals surface area (Å²) in [6.07, 6.45) is 7.82. The molecule has 1 saturated heterocycles. The number of thiazole rings is 1. The van der Waals surface area contributed by atoms with Gasteiger partial charge in [-0.05, 0) is 37.8 Å². The zero-order valence-electron chi connectivity index (χ0n) is 17.6. The largest absolute Gasteiger partial charge is 0.396 e. The molecule has 2 fully saturated rings. The van der Waals surface area contributed by atoms with E-state index in [1.807, 2.05) is 41.2 Å². The number of nitrogens with one attached hydrogen (secondary N) is 1. The van der Waals surface area contributed by atoms with E-state index in [1.165, 1.54) is 12.8 Å². The summed E-state index contributed by atoms with van der Waals surface area (Å²) in [5.74, 6) is 0.356. The first kappa shape index (κ1) is 20.6. The lowest BCUT2D eigenvalue weighted by Crippen LogP contribution is -2.48. The number of fused-ring (bicyclic) bond motifs is 3. The van der Waals surface area contributed by atoms with Gasteiger partial charge in [-0.25, -0.2) is 4.98 Å². The molecule has 0 spiro atoms. The SMILES string of the molecule is C/C=C\c1ccc2n(c1=O)C[C@H]1[C@H](CO)[C@@H](C(=O)NCC3CC3)N(Cc3nccs3)[C@@H]21. The van der Waals surface area contributed by atoms with Crippen molar-refractivity contribution >= 4 is 23.3 Å². The van der Waals surface area contributed by atoms with Crippen LogP contribution in [0.3, 0.4) is 0 Å². The molecule has 2 aliphatic heterocycles. The molecule has 1 saturated carbocycles. The Morgan fingerprint density at radius 3 is 2.90 bits per heavy atom. The first-order valence-corrected chi connectivity index (χ1v) is 11.9. The van der Waals surface area contributed by atoms with Crippen LogP contribution in [0.1, 0.15) is 42.1 Å². The van der Waals surface area contributed by atoms with Crippen LogP contribution in [0.25, 0.3) is 6.08 Å². The number of hydrogen-bond donors (Lipinski definition) is 2. The minimum atomic E-state index is -0.429. The number of rotatable bonds is 7. The average molecular weight is 441 g/mol. The second kappa shape index (κ2) is 8.33. The lowest BCUT2D eigenvalue weighted by molar-refractivity contribution is -0.128. The molecule has 5 rings (SSSR count). The fourth-order valence-corrected chi connectivity index (χ4v) is 5.89.